The molecule has 0 bridgehead atoms. The van der Waals surface area contributed by atoms with E-state index >= 15 is 0 Å². The molecule has 1 fully saturated rings. The zero-order chi connectivity index (χ0) is 23.3. The van der Waals surface area contributed by atoms with Crippen LogP contribution in [0.15, 0.2) is 59.5 Å². The smallest absolute Gasteiger partial charge is 0.420 e. The normalized spacial score (nSPS) is 16.6. The van der Waals surface area contributed by atoms with Gasteiger partial charge in [0.1, 0.15) is 11.0 Å². The second-order valence-electron chi connectivity index (χ2n) is 7.89. The number of hydrogen-bond donors (Lipinski definition) is 0. The van der Waals surface area contributed by atoms with Crippen LogP contribution in [0.4, 0.5) is 17.6 Å². The van der Waals surface area contributed by atoms with Crippen molar-refractivity contribution in [1.29, 1.82) is 0 Å². The lowest BCUT2D eigenvalue weighted by Gasteiger charge is -2.15. The molecule has 4 aromatic rings. The lowest BCUT2D eigenvalue weighted by Crippen LogP contribution is -2.29. The number of alkyl halides is 3. The zero-order valence-corrected chi connectivity index (χ0v) is 17.7. The summed E-state index contributed by atoms with van der Waals surface area (Å²) >= 11 is 6.38. The molecule has 1 aliphatic heterocycles. The van der Waals surface area contributed by atoms with Gasteiger partial charge in [0.25, 0.3) is 5.91 Å². The van der Waals surface area contributed by atoms with Gasteiger partial charge in [-0.25, -0.2) is 9.37 Å². The van der Waals surface area contributed by atoms with Gasteiger partial charge in [-0.05, 0) is 36.2 Å². The molecule has 4 heterocycles. The van der Waals surface area contributed by atoms with Crippen LogP contribution in [0, 0.1) is 5.82 Å². The fourth-order valence-corrected chi connectivity index (χ4v) is 4.40. The van der Waals surface area contributed by atoms with Gasteiger partial charge in [-0.1, -0.05) is 23.7 Å². The number of carbonyl (C=O) groups excluding carboxylic acids is 1. The minimum Gasteiger partial charge on any atom is -0.472 e. The van der Waals surface area contributed by atoms with Gasteiger partial charge in [-0.3, -0.25) is 9.20 Å². The molecule has 5 rings (SSSR count). The van der Waals surface area contributed by atoms with Gasteiger partial charge in [0.2, 0.25) is 0 Å². The first-order chi connectivity index (χ1) is 15.7. The molecule has 1 aromatic carbocycles. The number of rotatable bonds is 3. The zero-order valence-electron chi connectivity index (χ0n) is 16.9. The third kappa shape index (κ3) is 3.86. The fraction of sp³-hybridized carbons (Fsp3) is 0.217. The molecule has 0 N–H and O–H groups in total. The standard InChI is InChI=1S/C23H16ClF4N3O2/c24-20-19(22(32)30-7-5-14(10-30)13-1-3-17(25)4-2-13)29-21-18(23(26,27)28)9-16(11-31(20)21)15-6-8-33-12-15/h1-4,6,8-9,11-12,14H,5,7,10H2. The third-order valence-corrected chi connectivity index (χ3v) is 6.20. The molecule has 0 spiro atoms. The van der Waals surface area contributed by atoms with E-state index in [1.807, 2.05) is 0 Å². The van der Waals surface area contributed by atoms with Crippen LogP contribution in [0.1, 0.15) is 34.0 Å². The first-order valence-corrected chi connectivity index (χ1v) is 10.5. The van der Waals surface area contributed by atoms with Crippen molar-refractivity contribution in [2.45, 2.75) is 18.5 Å². The van der Waals surface area contributed by atoms with Crippen LogP contribution >= 0.6 is 11.6 Å². The first kappa shape index (κ1) is 21.5. The van der Waals surface area contributed by atoms with Crippen LogP contribution in [0.5, 0.6) is 0 Å². The Morgan fingerprint density at radius 3 is 2.58 bits per heavy atom. The molecule has 1 amide bonds. The Morgan fingerprint density at radius 2 is 1.91 bits per heavy atom. The lowest BCUT2D eigenvalue weighted by atomic mass is 9.99. The van der Waals surface area contributed by atoms with E-state index in [9.17, 15) is 22.4 Å². The maximum absolute atomic E-state index is 13.8. The topological polar surface area (TPSA) is 50.8 Å². The number of carbonyl (C=O) groups is 1. The minimum atomic E-state index is -4.71. The number of halogens is 5. The highest BCUT2D eigenvalue weighted by Gasteiger charge is 2.37. The van der Waals surface area contributed by atoms with Crippen LogP contribution in [0.25, 0.3) is 16.8 Å². The summed E-state index contributed by atoms with van der Waals surface area (Å²) in [6.07, 6.45) is -0.00875. The van der Waals surface area contributed by atoms with Crippen molar-refractivity contribution >= 4 is 23.2 Å². The van der Waals surface area contributed by atoms with Crippen molar-refractivity contribution in [3.8, 4) is 11.1 Å². The van der Waals surface area contributed by atoms with Gasteiger partial charge < -0.3 is 9.32 Å². The average molecular weight is 478 g/mol. The number of likely N-dealkylation sites (tertiary alicyclic amines) is 1. The Hall–Kier alpha value is -3.33. The molecule has 33 heavy (non-hydrogen) atoms. The van der Waals surface area contributed by atoms with Gasteiger partial charge in [-0.2, -0.15) is 13.2 Å². The summed E-state index contributed by atoms with van der Waals surface area (Å²) in [5, 5.41) is -0.198. The van der Waals surface area contributed by atoms with E-state index in [-0.39, 0.29) is 28.1 Å². The van der Waals surface area contributed by atoms with Crippen molar-refractivity contribution in [1.82, 2.24) is 14.3 Å². The molecule has 1 aliphatic rings. The van der Waals surface area contributed by atoms with E-state index < -0.39 is 23.3 Å². The van der Waals surface area contributed by atoms with Crippen LogP contribution in [0.2, 0.25) is 5.15 Å². The minimum absolute atomic E-state index is 0.0104. The number of hydrogen-bond acceptors (Lipinski definition) is 3. The van der Waals surface area contributed by atoms with Crippen LogP contribution in [0.3, 0.4) is 0 Å². The van der Waals surface area contributed by atoms with Crippen LogP contribution < -0.4 is 0 Å². The average Bonchev–Trinajstić information content (AvgIpc) is 3.53. The second-order valence-corrected chi connectivity index (χ2v) is 8.24. The van der Waals surface area contributed by atoms with Gasteiger partial charge >= 0.3 is 6.18 Å². The number of aromatic nitrogens is 2. The molecule has 5 nitrogen and oxygen atoms in total. The number of nitrogens with zero attached hydrogens (tertiary/aromatic N) is 3. The highest BCUT2D eigenvalue weighted by molar-refractivity contribution is 6.33. The Balaban J connectivity index is 1.51. The van der Waals surface area contributed by atoms with Gasteiger partial charge in [-0.15, -0.1) is 0 Å². The highest BCUT2D eigenvalue weighted by Crippen LogP contribution is 2.37. The molecule has 0 aliphatic carbocycles. The maximum Gasteiger partial charge on any atom is 0.420 e. The third-order valence-electron chi connectivity index (χ3n) is 5.84. The van der Waals surface area contributed by atoms with E-state index in [1.165, 1.54) is 41.8 Å². The summed E-state index contributed by atoms with van der Waals surface area (Å²) in [4.78, 5) is 18.7. The van der Waals surface area contributed by atoms with Crippen molar-refractivity contribution in [3.63, 3.8) is 0 Å². The fourth-order valence-electron chi connectivity index (χ4n) is 4.15. The molecule has 170 valence electrons. The van der Waals surface area contributed by atoms with Gasteiger partial charge in [0, 0.05) is 36.3 Å². The molecule has 1 unspecified atom stereocenters. The van der Waals surface area contributed by atoms with E-state index in [4.69, 9.17) is 16.0 Å². The molecule has 3 aromatic heterocycles. The van der Waals surface area contributed by atoms with Gasteiger partial charge in [0.05, 0.1) is 18.1 Å². The molecule has 0 radical (unpaired) electrons. The summed E-state index contributed by atoms with van der Waals surface area (Å²) in [7, 11) is 0. The monoisotopic (exact) mass is 477 g/mol. The van der Waals surface area contributed by atoms with E-state index in [0.29, 0.717) is 25.1 Å². The van der Waals surface area contributed by atoms with Crippen molar-refractivity contribution < 1.29 is 26.8 Å². The first-order valence-electron chi connectivity index (χ1n) is 10.1. The molecule has 1 atom stereocenters. The molecule has 0 saturated carbocycles. The van der Waals surface area contributed by atoms with E-state index in [1.54, 1.807) is 12.1 Å². The number of benzene rings is 1. The van der Waals surface area contributed by atoms with Crippen molar-refractivity contribution in [2.24, 2.45) is 0 Å². The van der Waals surface area contributed by atoms with Crippen LogP contribution in [-0.4, -0.2) is 33.3 Å². The summed E-state index contributed by atoms with van der Waals surface area (Å²) in [5.74, 6) is -0.911. The number of fused-ring (bicyclic) bond motifs is 1. The summed E-state index contributed by atoms with van der Waals surface area (Å²) in [6, 6.07) is 8.53. The largest absolute Gasteiger partial charge is 0.472 e. The molecule has 10 heteroatoms. The summed E-state index contributed by atoms with van der Waals surface area (Å²) in [5.41, 5.74) is -0.158. The summed E-state index contributed by atoms with van der Waals surface area (Å²) in [6.45, 7) is 0.721. The van der Waals surface area contributed by atoms with E-state index in [2.05, 4.69) is 4.98 Å². The number of amides is 1. The van der Waals surface area contributed by atoms with Crippen molar-refractivity contribution in [3.05, 3.63) is 82.9 Å². The van der Waals surface area contributed by atoms with E-state index in [0.717, 1.165) is 16.0 Å². The van der Waals surface area contributed by atoms with Gasteiger partial charge in [0.15, 0.2) is 11.3 Å². The number of imidazole rings is 1. The Labute approximate surface area is 190 Å². The second kappa shape index (κ2) is 7.91. The van der Waals surface area contributed by atoms with Crippen molar-refractivity contribution in [2.75, 3.05) is 13.1 Å². The number of pyridine rings is 1. The summed E-state index contributed by atoms with van der Waals surface area (Å²) < 4.78 is 60.7. The highest BCUT2D eigenvalue weighted by atomic mass is 35.5. The Morgan fingerprint density at radius 1 is 1.15 bits per heavy atom. The maximum atomic E-state index is 13.8. The Kier molecular flexibility index (Phi) is 5.16. The lowest BCUT2D eigenvalue weighted by molar-refractivity contribution is -0.136. The molecule has 1 saturated heterocycles. The van der Waals surface area contributed by atoms with Crippen LogP contribution in [-0.2, 0) is 6.18 Å². The predicted octanol–water partition coefficient (Wildman–Crippen LogP) is 6.04. The Bertz CT molecular complexity index is 1330. The number of furan rings is 1. The predicted molar refractivity (Wildman–Crippen MR) is 113 cm³/mol. The quantitative estimate of drug-likeness (QED) is 0.338. The molecular weight excluding hydrogens is 462 g/mol. The molecular formula is C23H16ClF4N3O2. The SMILES string of the molecule is O=C(c1nc2c(C(F)(F)F)cc(-c3ccoc3)cn2c1Cl)N1CCC(c2ccc(F)cc2)C1.